The third-order valence-corrected chi connectivity index (χ3v) is 5.27. The number of halogens is 1. The lowest BCUT2D eigenvalue weighted by atomic mass is 10.2. The fourth-order valence-corrected chi connectivity index (χ4v) is 3.42. The Morgan fingerprint density at radius 1 is 1.29 bits per heavy atom. The minimum absolute atomic E-state index is 0.292. The number of rotatable bonds is 3. The highest BCUT2D eigenvalue weighted by molar-refractivity contribution is 9.10. The van der Waals surface area contributed by atoms with Gasteiger partial charge in [-0.25, -0.2) is 4.98 Å². The molecular weight excluding hydrogens is 348 g/mol. The zero-order chi connectivity index (χ0) is 15.0. The molecule has 0 aliphatic heterocycles. The molecule has 3 N–H and O–H groups in total. The minimum atomic E-state index is 0.292. The van der Waals surface area contributed by atoms with E-state index in [-0.39, 0.29) is 0 Å². The maximum Gasteiger partial charge on any atom is 0.223 e. The van der Waals surface area contributed by atoms with Crippen molar-refractivity contribution in [2.75, 3.05) is 11.1 Å². The molecule has 3 aromatic rings. The number of aromatic nitrogens is 2. The Labute approximate surface area is 135 Å². The van der Waals surface area contributed by atoms with Gasteiger partial charge in [0.05, 0.1) is 5.39 Å². The predicted octanol–water partition coefficient (Wildman–Crippen LogP) is 4.65. The first-order valence-electron chi connectivity index (χ1n) is 6.66. The van der Waals surface area contributed by atoms with Gasteiger partial charge in [-0.3, -0.25) is 0 Å². The summed E-state index contributed by atoms with van der Waals surface area (Å²) >= 11 is 5.20. The molecule has 3 rings (SSSR count). The second kappa shape index (κ2) is 5.61. The van der Waals surface area contributed by atoms with Gasteiger partial charge in [-0.15, -0.1) is 11.3 Å². The molecule has 2 heterocycles. The maximum atomic E-state index is 5.82. The van der Waals surface area contributed by atoms with Crippen molar-refractivity contribution >= 4 is 54.9 Å². The molecule has 0 amide bonds. The summed E-state index contributed by atoms with van der Waals surface area (Å²) in [7, 11) is 0. The highest BCUT2D eigenvalue weighted by atomic mass is 79.9. The van der Waals surface area contributed by atoms with Crippen LogP contribution in [0.25, 0.3) is 10.2 Å². The number of nitrogen functional groups attached to an aromatic ring is 1. The first-order chi connectivity index (χ1) is 10.1. The monoisotopic (exact) mass is 362 g/mol. The van der Waals surface area contributed by atoms with Gasteiger partial charge in [0.25, 0.3) is 0 Å². The second-order valence-electron chi connectivity index (χ2n) is 4.80. The normalized spacial score (nSPS) is 11.0. The molecule has 0 saturated carbocycles. The lowest BCUT2D eigenvalue weighted by molar-refractivity contribution is 1.19. The molecule has 0 bridgehead atoms. The summed E-state index contributed by atoms with van der Waals surface area (Å²) in [5.74, 6) is 1.05. The summed E-state index contributed by atoms with van der Waals surface area (Å²) in [6, 6.07) is 8.24. The Morgan fingerprint density at radius 2 is 2.10 bits per heavy atom. The van der Waals surface area contributed by atoms with Crippen molar-refractivity contribution in [3.05, 3.63) is 39.2 Å². The number of hydrogen-bond acceptors (Lipinski definition) is 5. The van der Waals surface area contributed by atoms with Crippen molar-refractivity contribution in [3.63, 3.8) is 0 Å². The van der Waals surface area contributed by atoms with Gasteiger partial charge >= 0.3 is 0 Å². The molecule has 1 aromatic carbocycles. The lowest BCUT2D eigenvalue weighted by Gasteiger charge is -2.08. The largest absolute Gasteiger partial charge is 0.368 e. The van der Waals surface area contributed by atoms with Crippen LogP contribution in [0.2, 0.25) is 0 Å². The van der Waals surface area contributed by atoms with Crippen LogP contribution in [0.5, 0.6) is 0 Å². The molecule has 0 spiro atoms. The van der Waals surface area contributed by atoms with E-state index in [4.69, 9.17) is 5.73 Å². The van der Waals surface area contributed by atoms with E-state index in [0.29, 0.717) is 5.95 Å². The number of aryl methyl sites for hydroxylation is 2. The zero-order valence-electron chi connectivity index (χ0n) is 11.8. The van der Waals surface area contributed by atoms with E-state index in [1.54, 1.807) is 11.3 Å². The molecule has 0 unspecified atom stereocenters. The van der Waals surface area contributed by atoms with Crippen LogP contribution in [-0.2, 0) is 6.42 Å². The molecule has 0 aliphatic rings. The van der Waals surface area contributed by atoms with Crippen molar-refractivity contribution in [3.8, 4) is 0 Å². The van der Waals surface area contributed by atoms with Crippen molar-refractivity contribution < 1.29 is 0 Å². The maximum absolute atomic E-state index is 5.82. The van der Waals surface area contributed by atoms with Crippen LogP contribution >= 0.6 is 27.3 Å². The van der Waals surface area contributed by atoms with E-state index in [0.717, 1.165) is 32.6 Å². The highest BCUT2D eigenvalue weighted by Crippen LogP contribution is 2.32. The Kier molecular flexibility index (Phi) is 3.82. The van der Waals surface area contributed by atoms with Crippen LogP contribution in [0.3, 0.4) is 0 Å². The summed E-state index contributed by atoms with van der Waals surface area (Å²) in [5, 5.41) is 4.36. The van der Waals surface area contributed by atoms with Gasteiger partial charge in [0.1, 0.15) is 10.6 Å². The van der Waals surface area contributed by atoms with Gasteiger partial charge in [0, 0.05) is 15.0 Å². The van der Waals surface area contributed by atoms with E-state index in [1.807, 2.05) is 12.1 Å². The summed E-state index contributed by atoms with van der Waals surface area (Å²) in [6.45, 7) is 4.19. The Balaban J connectivity index is 2.06. The zero-order valence-corrected chi connectivity index (χ0v) is 14.2. The fraction of sp³-hybridized carbons (Fsp3) is 0.200. The van der Waals surface area contributed by atoms with Crippen LogP contribution in [0, 0.1) is 6.92 Å². The SMILES string of the molecule is CCc1cc2c(Nc3ccc(C)c(Br)c3)nc(N)nc2s1. The average Bonchev–Trinajstić information content (AvgIpc) is 2.86. The lowest BCUT2D eigenvalue weighted by Crippen LogP contribution is -2.00. The van der Waals surface area contributed by atoms with Crippen molar-refractivity contribution in [1.29, 1.82) is 0 Å². The fourth-order valence-electron chi connectivity index (χ4n) is 2.06. The van der Waals surface area contributed by atoms with Gasteiger partial charge in [-0.2, -0.15) is 4.98 Å². The molecule has 21 heavy (non-hydrogen) atoms. The second-order valence-corrected chi connectivity index (χ2v) is 6.77. The quantitative estimate of drug-likeness (QED) is 0.711. The van der Waals surface area contributed by atoms with Crippen molar-refractivity contribution in [2.45, 2.75) is 20.3 Å². The van der Waals surface area contributed by atoms with Gasteiger partial charge in [0.2, 0.25) is 5.95 Å². The summed E-state index contributed by atoms with van der Waals surface area (Å²) in [6.07, 6.45) is 0.983. The third kappa shape index (κ3) is 2.87. The van der Waals surface area contributed by atoms with Gasteiger partial charge < -0.3 is 11.1 Å². The van der Waals surface area contributed by atoms with Crippen LogP contribution in [-0.4, -0.2) is 9.97 Å². The molecular formula is C15H15BrN4S. The van der Waals surface area contributed by atoms with E-state index in [2.05, 4.69) is 57.2 Å². The number of nitrogens with two attached hydrogens (primary N) is 1. The molecule has 4 nitrogen and oxygen atoms in total. The van der Waals surface area contributed by atoms with Gasteiger partial charge in [0.15, 0.2) is 0 Å². The number of anilines is 3. The summed E-state index contributed by atoms with van der Waals surface area (Å²) in [5.41, 5.74) is 7.98. The van der Waals surface area contributed by atoms with Gasteiger partial charge in [-0.05, 0) is 37.1 Å². The average molecular weight is 363 g/mol. The van der Waals surface area contributed by atoms with E-state index in [9.17, 15) is 0 Å². The van der Waals surface area contributed by atoms with E-state index < -0.39 is 0 Å². The van der Waals surface area contributed by atoms with Crippen LogP contribution in [0.4, 0.5) is 17.5 Å². The van der Waals surface area contributed by atoms with Gasteiger partial charge in [-0.1, -0.05) is 28.9 Å². The third-order valence-electron chi connectivity index (χ3n) is 3.24. The van der Waals surface area contributed by atoms with Crippen molar-refractivity contribution in [2.24, 2.45) is 0 Å². The molecule has 0 saturated heterocycles. The number of benzene rings is 1. The topological polar surface area (TPSA) is 63.8 Å². The van der Waals surface area contributed by atoms with E-state index in [1.165, 1.54) is 10.4 Å². The first kappa shape index (κ1) is 14.3. The predicted molar refractivity (Wildman–Crippen MR) is 93.4 cm³/mol. The minimum Gasteiger partial charge on any atom is -0.368 e. The van der Waals surface area contributed by atoms with Crippen LogP contribution in [0.1, 0.15) is 17.4 Å². The Hall–Kier alpha value is -1.66. The number of nitrogens with zero attached hydrogens (tertiary/aromatic N) is 2. The summed E-state index contributed by atoms with van der Waals surface area (Å²) in [4.78, 5) is 10.9. The smallest absolute Gasteiger partial charge is 0.223 e. The summed E-state index contributed by atoms with van der Waals surface area (Å²) < 4.78 is 1.06. The molecule has 108 valence electrons. The molecule has 0 fully saturated rings. The van der Waals surface area contributed by atoms with Crippen LogP contribution in [0.15, 0.2) is 28.7 Å². The molecule has 0 aliphatic carbocycles. The molecule has 6 heteroatoms. The van der Waals surface area contributed by atoms with E-state index >= 15 is 0 Å². The number of nitrogens with one attached hydrogen (secondary N) is 1. The number of thiophene rings is 1. The highest BCUT2D eigenvalue weighted by Gasteiger charge is 2.10. The Morgan fingerprint density at radius 3 is 2.81 bits per heavy atom. The standard InChI is InChI=1S/C15H15BrN4S/c1-3-10-7-11-13(19-15(17)20-14(11)21-10)18-9-5-4-8(2)12(16)6-9/h4-7H,3H2,1-2H3,(H3,17,18,19,20). The number of hydrogen-bond donors (Lipinski definition) is 2. The number of fused-ring (bicyclic) bond motifs is 1. The van der Waals surface area contributed by atoms with Crippen molar-refractivity contribution in [1.82, 2.24) is 9.97 Å². The first-order valence-corrected chi connectivity index (χ1v) is 8.27. The molecule has 0 atom stereocenters. The molecule has 0 radical (unpaired) electrons. The molecule has 2 aromatic heterocycles. The Bertz CT molecular complexity index is 813. The van der Waals surface area contributed by atoms with Crippen LogP contribution < -0.4 is 11.1 Å².